The lowest BCUT2D eigenvalue weighted by Crippen LogP contribution is -2.39. The van der Waals surface area contributed by atoms with E-state index in [0.717, 1.165) is 31.5 Å². The molecule has 3 rings (SSSR count). The SMILES string of the molecule is C=CCN(Cc1ccc(C(=O)N2CCCC(C)C2)cc1)S(=O)(=O)c1ccccc1. The number of carbonyl (C=O) groups excluding carboxylic acids is 1. The third-order valence-electron chi connectivity index (χ3n) is 5.22. The van der Waals surface area contributed by atoms with Crippen molar-refractivity contribution in [2.75, 3.05) is 19.6 Å². The lowest BCUT2D eigenvalue weighted by atomic mass is 9.99. The molecule has 0 bridgehead atoms. The van der Waals surface area contributed by atoms with Gasteiger partial charge in [0.1, 0.15) is 0 Å². The summed E-state index contributed by atoms with van der Waals surface area (Å²) in [5, 5.41) is 0. The van der Waals surface area contributed by atoms with Gasteiger partial charge in [0.15, 0.2) is 0 Å². The van der Waals surface area contributed by atoms with Gasteiger partial charge in [-0.1, -0.05) is 43.3 Å². The highest BCUT2D eigenvalue weighted by atomic mass is 32.2. The zero-order valence-electron chi connectivity index (χ0n) is 16.8. The number of piperidine rings is 1. The van der Waals surface area contributed by atoms with Gasteiger partial charge in [-0.2, -0.15) is 4.31 Å². The van der Waals surface area contributed by atoms with E-state index >= 15 is 0 Å². The molecule has 0 spiro atoms. The van der Waals surface area contributed by atoms with Crippen LogP contribution in [0, 0.1) is 5.92 Å². The quantitative estimate of drug-likeness (QED) is 0.648. The summed E-state index contributed by atoms with van der Waals surface area (Å²) in [6, 6.07) is 15.6. The van der Waals surface area contributed by atoms with Gasteiger partial charge < -0.3 is 4.90 Å². The van der Waals surface area contributed by atoms with E-state index in [9.17, 15) is 13.2 Å². The molecule has 1 aliphatic heterocycles. The largest absolute Gasteiger partial charge is 0.338 e. The standard InChI is InChI=1S/C23H28N2O3S/c1-3-15-25(29(27,28)22-9-5-4-6-10-22)18-20-11-13-21(14-12-20)23(26)24-16-7-8-19(2)17-24/h3-6,9-14,19H,1,7-8,15-18H2,2H3. The molecule has 2 aromatic carbocycles. The second-order valence-electron chi connectivity index (χ2n) is 7.59. The van der Waals surface area contributed by atoms with E-state index in [1.165, 1.54) is 4.31 Å². The van der Waals surface area contributed by atoms with Gasteiger partial charge in [-0.05, 0) is 48.6 Å². The number of hydrogen-bond acceptors (Lipinski definition) is 3. The van der Waals surface area contributed by atoms with Crippen molar-refractivity contribution < 1.29 is 13.2 Å². The Kier molecular flexibility index (Phi) is 6.87. The summed E-state index contributed by atoms with van der Waals surface area (Å²) in [4.78, 5) is 14.9. The Balaban J connectivity index is 1.74. The molecule has 0 aliphatic carbocycles. The molecule has 0 saturated carbocycles. The van der Waals surface area contributed by atoms with Crippen LogP contribution >= 0.6 is 0 Å². The molecule has 1 aliphatic rings. The van der Waals surface area contributed by atoms with E-state index in [2.05, 4.69) is 13.5 Å². The number of sulfonamides is 1. The van der Waals surface area contributed by atoms with Crippen molar-refractivity contribution in [3.05, 3.63) is 78.4 Å². The zero-order chi connectivity index (χ0) is 20.9. The van der Waals surface area contributed by atoms with Crippen LogP contribution in [0.1, 0.15) is 35.7 Å². The van der Waals surface area contributed by atoms with Crippen LogP contribution in [0.5, 0.6) is 0 Å². The van der Waals surface area contributed by atoms with Crippen LogP contribution in [0.3, 0.4) is 0 Å². The Bertz CT molecular complexity index is 940. The van der Waals surface area contributed by atoms with Crippen molar-refractivity contribution in [1.82, 2.24) is 9.21 Å². The van der Waals surface area contributed by atoms with E-state index in [4.69, 9.17) is 0 Å². The molecule has 2 aromatic rings. The fourth-order valence-electron chi connectivity index (χ4n) is 3.65. The fourth-order valence-corrected chi connectivity index (χ4v) is 5.07. The highest BCUT2D eigenvalue weighted by Crippen LogP contribution is 2.20. The van der Waals surface area contributed by atoms with Crippen molar-refractivity contribution in [2.24, 2.45) is 5.92 Å². The Morgan fingerprint density at radius 1 is 1.17 bits per heavy atom. The summed E-state index contributed by atoms with van der Waals surface area (Å²) in [5.41, 5.74) is 1.47. The summed E-state index contributed by atoms with van der Waals surface area (Å²) >= 11 is 0. The molecule has 1 amide bonds. The zero-order valence-corrected chi connectivity index (χ0v) is 17.6. The van der Waals surface area contributed by atoms with Crippen molar-refractivity contribution in [3.63, 3.8) is 0 Å². The first kappa shape index (κ1) is 21.3. The molecule has 6 heteroatoms. The van der Waals surface area contributed by atoms with Gasteiger partial charge >= 0.3 is 0 Å². The molecule has 0 aromatic heterocycles. The maximum absolute atomic E-state index is 13.0. The first-order valence-electron chi connectivity index (χ1n) is 9.96. The first-order chi connectivity index (χ1) is 13.9. The Morgan fingerprint density at radius 3 is 2.48 bits per heavy atom. The molecule has 29 heavy (non-hydrogen) atoms. The maximum Gasteiger partial charge on any atom is 0.253 e. The monoisotopic (exact) mass is 412 g/mol. The predicted molar refractivity (Wildman–Crippen MR) is 115 cm³/mol. The smallest absolute Gasteiger partial charge is 0.253 e. The second kappa shape index (κ2) is 9.37. The molecule has 1 fully saturated rings. The van der Waals surface area contributed by atoms with Gasteiger partial charge in [0, 0.05) is 31.7 Å². The van der Waals surface area contributed by atoms with Crippen LogP contribution < -0.4 is 0 Å². The number of likely N-dealkylation sites (tertiary alicyclic amines) is 1. The third kappa shape index (κ3) is 5.14. The van der Waals surface area contributed by atoms with Crippen LogP contribution in [0.2, 0.25) is 0 Å². The van der Waals surface area contributed by atoms with Crippen molar-refractivity contribution >= 4 is 15.9 Å². The highest BCUT2D eigenvalue weighted by molar-refractivity contribution is 7.89. The summed E-state index contributed by atoms with van der Waals surface area (Å²) in [6.45, 7) is 7.88. The third-order valence-corrected chi connectivity index (χ3v) is 7.04. The molecule has 1 saturated heterocycles. The minimum atomic E-state index is -3.62. The van der Waals surface area contributed by atoms with E-state index in [1.54, 1.807) is 48.5 Å². The molecule has 1 heterocycles. The number of nitrogens with zero attached hydrogens (tertiary/aromatic N) is 2. The second-order valence-corrected chi connectivity index (χ2v) is 9.53. The normalized spacial score (nSPS) is 17.3. The Morgan fingerprint density at radius 2 is 1.86 bits per heavy atom. The average molecular weight is 413 g/mol. The van der Waals surface area contributed by atoms with Gasteiger partial charge in [0.25, 0.3) is 5.91 Å². The first-order valence-corrected chi connectivity index (χ1v) is 11.4. The Labute approximate surface area is 173 Å². The van der Waals surface area contributed by atoms with Gasteiger partial charge in [0.2, 0.25) is 10.0 Å². The van der Waals surface area contributed by atoms with Crippen LogP contribution in [0.4, 0.5) is 0 Å². The minimum Gasteiger partial charge on any atom is -0.338 e. The van der Waals surface area contributed by atoms with Gasteiger partial charge in [-0.3, -0.25) is 4.79 Å². The molecule has 1 atom stereocenters. The molecule has 5 nitrogen and oxygen atoms in total. The average Bonchev–Trinajstić information content (AvgIpc) is 2.74. The van der Waals surface area contributed by atoms with Crippen molar-refractivity contribution in [2.45, 2.75) is 31.2 Å². The number of amides is 1. The minimum absolute atomic E-state index is 0.0444. The summed E-state index contributed by atoms with van der Waals surface area (Å²) in [6.07, 6.45) is 3.78. The molecule has 154 valence electrons. The predicted octanol–water partition coefficient (Wildman–Crippen LogP) is 3.94. The lowest BCUT2D eigenvalue weighted by Gasteiger charge is -2.31. The van der Waals surface area contributed by atoms with E-state index < -0.39 is 10.0 Å². The van der Waals surface area contributed by atoms with Gasteiger partial charge in [0.05, 0.1) is 4.90 Å². The maximum atomic E-state index is 13.0. The Hall–Kier alpha value is -2.44. The van der Waals surface area contributed by atoms with Crippen molar-refractivity contribution in [3.8, 4) is 0 Å². The van der Waals surface area contributed by atoms with E-state index in [0.29, 0.717) is 11.5 Å². The fraction of sp³-hybridized carbons (Fsp3) is 0.348. The highest BCUT2D eigenvalue weighted by Gasteiger charge is 2.24. The van der Waals surface area contributed by atoms with Crippen molar-refractivity contribution in [1.29, 1.82) is 0 Å². The van der Waals surface area contributed by atoms with E-state index in [-0.39, 0.29) is 23.9 Å². The van der Waals surface area contributed by atoms with Crippen LogP contribution in [-0.2, 0) is 16.6 Å². The van der Waals surface area contributed by atoms with Crippen LogP contribution in [0.15, 0.2) is 72.1 Å². The van der Waals surface area contributed by atoms with Crippen LogP contribution in [-0.4, -0.2) is 43.2 Å². The number of hydrogen-bond donors (Lipinski definition) is 0. The number of carbonyl (C=O) groups is 1. The molecule has 0 radical (unpaired) electrons. The van der Waals surface area contributed by atoms with E-state index in [1.807, 2.05) is 17.0 Å². The van der Waals surface area contributed by atoms with Crippen LogP contribution in [0.25, 0.3) is 0 Å². The summed E-state index contributed by atoms with van der Waals surface area (Å²) < 4.78 is 27.3. The summed E-state index contributed by atoms with van der Waals surface area (Å²) in [7, 11) is -3.62. The van der Waals surface area contributed by atoms with Gasteiger partial charge in [-0.25, -0.2) is 8.42 Å². The number of rotatable bonds is 7. The topological polar surface area (TPSA) is 57.7 Å². The number of benzene rings is 2. The lowest BCUT2D eigenvalue weighted by molar-refractivity contribution is 0.0683. The molecular formula is C23H28N2O3S. The van der Waals surface area contributed by atoms with Gasteiger partial charge in [-0.15, -0.1) is 6.58 Å². The molecule has 1 unspecified atom stereocenters. The molecular weight excluding hydrogens is 384 g/mol. The summed E-state index contributed by atoms with van der Waals surface area (Å²) in [5.74, 6) is 0.575. The molecule has 0 N–H and O–H groups in total.